The molecule has 0 saturated heterocycles. The fraction of sp³-hybridized carbons (Fsp3) is 0.150. The summed E-state index contributed by atoms with van der Waals surface area (Å²) in [4.78, 5) is 27.5. The molecule has 3 N–H and O–H groups in total. The number of nitrogens with one attached hydrogen (secondary N) is 1. The smallest absolute Gasteiger partial charge is 0.338 e. The number of carbonyl (C=O) groups excluding carboxylic acids is 1. The first kappa shape index (κ1) is 21.2. The third-order valence-electron chi connectivity index (χ3n) is 4.77. The number of hydrogen-bond donors (Lipinski definition) is 2. The SMILES string of the molecule is Nc1nc(COC(=O)c2ccc3c(c2)SC2=NS(=O)(=O)CCN23)nc(Nc2ccccc2)n1. The van der Waals surface area contributed by atoms with Crippen molar-refractivity contribution in [1.82, 2.24) is 15.0 Å². The van der Waals surface area contributed by atoms with Crippen LogP contribution < -0.4 is 16.0 Å². The van der Waals surface area contributed by atoms with Gasteiger partial charge in [0.1, 0.15) is 0 Å². The normalized spacial score (nSPS) is 15.9. The Balaban J connectivity index is 1.28. The van der Waals surface area contributed by atoms with Gasteiger partial charge in [-0.1, -0.05) is 18.2 Å². The molecule has 11 nitrogen and oxygen atoms in total. The van der Waals surface area contributed by atoms with Gasteiger partial charge in [-0.15, -0.1) is 4.40 Å². The van der Waals surface area contributed by atoms with Crippen LogP contribution >= 0.6 is 11.8 Å². The number of benzene rings is 2. The molecule has 13 heteroatoms. The summed E-state index contributed by atoms with van der Waals surface area (Å²) < 4.78 is 32.7. The summed E-state index contributed by atoms with van der Waals surface area (Å²) in [5.41, 5.74) is 7.66. The molecule has 0 spiro atoms. The van der Waals surface area contributed by atoms with Crippen LogP contribution in [0.25, 0.3) is 0 Å². The number of aromatic nitrogens is 3. The number of para-hydroxylation sites is 1. The zero-order valence-corrected chi connectivity index (χ0v) is 18.6. The minimum atomic E-state index is -3.45. The molecule has 3 aromatic rings. The first-order chi connectivity index (χ1) is 15.9. The highest BCUT2D eigenvalue weighted by Gasteiger charge is 2.33. The van der Waals surface area contributed by atoms with Gasteiger partial charge in [0.15, 0.2) is 17.6 Å². The monoisotopic (exact) mass is 483 g/mol. The van der Waals surface area contributed by atoms with Crippen molar-refractivity contribution in [2.75, 3.05) is 28.2 Å². The van der Waals surface area contributed by atoms with Gasteiger partial charge in [-0.25, -0.2) is 13.2 Å². The molecule has 0 unspecified atom stereocenters. The maximum Gasteiger partial charge on any atom is 0.338 e. The molecule has 0 atom stereocenters. The van der Waals surface area contributed by atoms with Crippen molar-refractivity contribution in [3.05, 3.63) is 59.9 Å². The van der Waals surface area contributed by atoms with E-state index in [1.54, 1.807) is 18.2 Å². The second-order valence-corrected chi connectivity index (χ2v) is 9.86. The Bertz CT molecular complexity index is 1380. The lowest BCUT2D eigenvalue weighted by Crippen LogP contribution is -2.35. The molecule has 2 aliphatic rings. The molecular formula is C20H17N7O4S2. The minimum absolute atomic E-state index is 0.00390. The summed E-state index contributed by atoms with van der Waals surface area (Å²) in [6.45, 7) is 0.126. The van der Waals surface area contributed by atoms with E-state index in [0.29, 0.717) is 17.3 Å². The van der Waals surface area contributed by atoms with Gasteiger partial charge >= 0.3 is 5.97 Å². The van der Waals surface area contributed by atoms with Crippen molar-refractivity contribution >= 4 is 56.2 Å². The van der Waals surface area contributed by atoms with E-state index in [1.165, 1.54) is 11.8 Å². The zero-order chi connectivity index (χ0) is 23.0. The van der Waals surface area contributed by atoms with Crippen LogP contribution in [0.2, 0.25) is 0 Å². The molecule has 0 saturated carbocycles. The number of nitrogen functional groups attached to an aromatic ring is 1. The van der Waals surface area contributed by atoms with Gasteiger partial charge in [-0.2, -0.15) is 15.0 Å². The number of amidine groups is 1. The van der Waals surface area contributed by atoms with Crippen molar-refractivity contribution in [2.45, 2.75) is 11.5 Å². The number of nitrogens with zero attached hydrogens (tertiary/aromatic N) is 5. The molecule has 5 rings (SSSR count). The highest BCUT2D eigenvalue weighted by atomic mass is 32.2. The Morgan fingerprint density at radius 2 is 1.97 bits per heavy atom. The van der Waals surface area contributed by atoms with Gasteiger partial charge in [-0.3, -0.25) is 0 Å². The molecule has 0 aliphatic carbocycles. The number of carbonyl (C=O) groups is 1. The van der Waals surface area contributed by atoms with Crippen molar-refractivity contribution in [2.24, 2.45) is 4.40 Å². The summed E-state index contributed by atoms with van der Waals surface area (Å²) in [5, 5.41) is 3.41. The highest BCUT2D eigenvalue weighted by Crippen LogP contribution is 2.42. The fourth-order valence-corrected chi connectivity index (χ4v) is 5.58. The third kappa shape index (κ3) is 4.59. The molecule has 1 aromatic heterocycles. The summed E-state index contributed by atoms with van der Waals surface area (Å²) in [6, 6.07) is 14.3. The maximum atomic E-state index is 12.6. The fourth-order valence-electron chi connectivity index (χ4n) is 3.28. The highest BCUT2D eigenvalue weighted by molar-refractivity contribution is 8.15. The van der Waals surface area contributed by atoms with Crippen LogP contribution in [0.1, 0.15) is 16.2 Å². The van der Waals surface area contributed by atoms with Crippen molar-refractivity contribution in [3.8, 4) is 0 Å². The lowest BCUT2D eigenvalue weighted by molar-refractivity contribution is 0.0462. The molecule has 168 valence electrons. The van der Waals surface area contributed by atoms with E-state index in [2.05, 4.69) is 24.7 Å². The molecule has 2 aromatic carbocycles. The van der Waals surface area contributed by atoms with Gasteiger partial charge in [-0.05, 0) is 42.1 Å². The number of anilines is 4. The predicted molar refractivity (Wildman–Crippen MR) is 124 cm³/mol. The Morgan fingerprint density at radius 1 is 1.15 bits per heavy atom. The molecular weight excluding hydrogens is 466 g/mol. The van der Waals surface area contributed by atoms with Gasteiger partial charge in [0.2, 0.25) is 11.9 Å². The van der Waals surface area contributed by atoms with Gasteiger partial charge < -0.3 is 20.7 Å². The molecule has 33 heavy (non-hydrogen) atoms. The number of sulfonamides is 1. The predicted octanol–water partition coefficient (Wildman–Crippen LogP) is 2.17. The van der Waals surface area contributed by atoms with E-state index in [4.69, 9.17) is 10.5 Å². The largest absolute Gasteiger partial charge is 0.454 e. The van der Waals surface area contributed by atoms with Gasteiger partial charge in [0, 0.05) is 17.1 Å². The Hall–Kier alpha value is -3.71. The Labute approximate surface area is 193 Å². The topological polar surface area (TPSA) is 153 Å². The number of hydrogen-bond acceptors (Lipinski definition) is 11. The van der Waals surface area contributed by atoms with E-state index in [9.17, 15) is 13.2 Å². The van der Waals surface area contributed by atoms with Crippen LogP contribution in [0.5, 0.6) is 0 Å². The van der Waals surface area contributed by atoms with E-state index >= 15 is 0 Å². The van der Waals surface area contributed by atoms with E-state index in [0.717, 1.165) is 16.3 Å². The first-order valence-corrected chi connectivity index (χ1v) is 12.2. The quantitative estimate of drug-likeness (QED) is 0.513. The second-order valence-electron chi connectivity index (χ2n) is 7.10. The number of fused-ring (bicyclic) bond motifs is 3. The van der Waals surface area contributed by atoms with Crippen LogP contribution in [0.15, 0.2) is 57.8 Å². The Kier molecular flexibility index (Phi) is 5.34. The zero-order valence-electron chi connectivity index (χ0n) is 17.0. The number of thioether (sulfide) groups is 1. The van der Waals surface area contributed by atoms with Gasteiger partial charge in [0.25, 0.3) is 10.0 Å². The molecule has 0 amide bonds. The lowest BCUT2D eigenvalue weighted by Gasteiger charge is -2.22. The number of nitrogens with two attached hydrogens (primary N) is 1. The Morgan fingerprint density at radius 3 is 2.79 bits per heavy atom. The number of rotatable bonds is 5. The van der Waals surface area contributed by atoms with E-state index in [-0.39, 0.29) is 30.1 Å². The first-order valence-electron chi connectivity index (χ1n) is 9.78. The standard InChI is InChI=1S/C20H17N7O4S2/c21-18-23-16(24-19(25-18)22-13-4-2-1-3-5-13)11-31-17(28)12-6-7-14-15(10-12)32-20-26-33(29,30)9-8-27(14)20/h1-7,10H,8-9,11H2,(H3,21,22,23,24,25). The molecule has 0 fully saturated rings. The minimum Gasteiger partial charge on any atom is -0.454 e. The average Bonchev–Trinajstić information content (AvgIpc) is 3.13. The van der Waals surface area contributed by atoms with Crippen molar-refractivity contribution in [1.29, 1.82) is 0 Å². The molecule has 3 heterocycles. The van der Waals surface area contributed by atoms with Crippen LogP contribution in [0, 0.1) is 0 Å². The van der Waals surface area contributed by atoms with Crippen molar-refractivity contribution in [3.63, 3.8) is 0 Å². The van der Waals surface area contributed by atoms with Crippen LogP contribution in [0.4, 0.5) is 23.3 Å². The summed E-state index contributed by atoms with van der Waals surface area (Å²) in [6.07, 6.45) is 0. The second kappa shape index (κ2) is 8.33. The van der Waals surface area contributed by atoms with E-state index < -0.39 is 16.0 Å². The molecule has 0 bridgehead atoms. The molecule has 2 aliphatic heterocycles. The van der Waals surface area contributed by atoms with Crippen LogP contribution in [0.3, 0.4) is 0 Å². The van der Waals surface area contributed by atoms with Crippen molar-refractivity contribution < 1.29 is 17.9 Å². The third-order valence-corrected chi connectivity index (χ3v) is 7.08. The lowest BCUT2D eigenvalue weighted by atomic mass is 10.2. The van der Waals surface area contributed by atoms with E-state index in [1.807, 2.05) is 35.2 Å². The number of ether oxygens (including phenoxy) is 1. The average molecular weight is 484 g/mol. The summed E-state index contributed by atoms with van der Waals surface area (Å²) in [7, 11) is -3.45. The van der Waals surface area contributed by atoms with Gasteiger partial charge in [0.05, 0.1) is 17.0 Å². The summed E-state index contributed by atoms with van der Waals surface area (Å²) >= 11 is 1.20. The van der Waals surface area contributed by atoms with Crippen LogP contribution in [-0.4, -0.2) is 46.8 Å². The van der Waals surface area contributed by atoms with Crippen LogP contribution in [-0.2, 0) is 21.4 Å². The number of esters is 1. The molecule has 0 radical (unpaired) electrons. The maximum absolute atomic E-state index is 12.6. The summed E-state index contributed by atoms with van der Waals surface area (Å²) in [5.74, 6) is -0.191.